The molecule has 1 aromatic rings. The van der Waals surface area contributed by atoms with Crippen LogP contribution in [0, 0.1) is 5.92 Å². The summed E-state index contributed by atoms with van der Waals surface area (Å²) in [5.41, 5.74) is 0.305. The van der Waals surface area contributed by atoms with E-state index >= 15 is 0 Å². The zero-order valence-corrected chi connectivity index (χ0v) is 12.5. The predicted octanol–water partition coefficient (Wildman–Crippen LogP) is 2.65. The van der Waals surface area contributed by atoms with E-state index < -0.39 is 0 Å². The Labute approximate surface area is 121 Å². The van der Waals surface area contributed by atoms with Gasteiger partial charge in [-0.05, 0) is 37.0 Å². The third kappa shape index (κ3) is 4.21. The number of nitrogens with zero attached hydrogens (tertiary/aromatic N) is 1. The largest absolute Gasteiger partial charge is 0.507 e. The molecule has 4 nitrogen and oxygen atoms in total. The highest BCUT2D eigenvalue weighted by atomic mass is 79.9. The van der Waals surface area contributed by atoms with Crippen LogP contribution >= 0.6 is 15.9 Å². The van der Waals surface area contributed by atoms with Crippen molar-refractivity contribution in [2.24, 2.45) is 5.92 Å². The first-order chi connectivity index (χ1) is 9.08. The number of benzene rings is 1. The SMILES string of the molecule is CN(CCOCC1CC1)C(=O)c1cc(Br)ccc1O. The van der Waals surface area contributed by atoms with Crippen molar-refractivity contribution < 1.29 is 14.6 Å². The van der Waals surface area contributed by atoms with Crippen LogP contribution in [0.1, 0.15) is 23.2 Å². The van der Waals surface area contributed by atoms with Gasteiger partial charge in [-0.25, -0.2) is 0 Å². The lowest BCUT2D eigenvalue weighted by Gasteiger charge is -2.18. The lowest BCUT2D eigenvalue weighted by molar-refractivity contribution is 0.0678. The molecular formula is C14H18BrNO3. The summed E-state index contributed by atoms with van der Waals surface area (Å²) in [4.78, 5) is 13.7. The zero-order valence-electron chi connectivity index (χ0n) is 10.9. The molecule has 0 atom stereocenters. The minimum atomic E-state index is -0.200. The minimum Gasteiger partial charge on any atom is -0.507 e. The van der Waals surface area contributed by atoms with E-state index in [1.807, 2.05) is 0 Å². The van der Waals surface area contributed by atoms with Crippen LogP contribution in [0.25, 0.3) is 0 Å². The normalized spacial score (nSPS) is 14.4. The van der Waals surface area contributed by atoms with E-state index in [-0.39, 0.29) is 11.7 Å². The Morgan fingerprint density at radius 1 is 1.53 bits per heavy atom. The molecule has 1 N–H and O–H groups in total. The van der Waals surface area contributed by atoms with Crippen LogP contribution in [0.15, 0.2) is 22.7 Å². The Hall–Kier alpha value is -1.07. The van der Waals surface area contributed by atoms with E-state index in [4.69, 9.17) is 4.74 Å². The van der Waals surface area contributed by atoms with Crippen LogP contribution in [0.5, 0.6) is 5.75 Å². The highest BCUT2D eigenvalue weighted by Gasteiger charge is 2.21. The second-order valence-corrected chi connectivity index (χ2v) is 5.82. The maximum atomic E-state index is 12.1. The monoisotopic (exact) mass is 327 g/mol. The van der Waals surface area contributed by atoms with Gasteiger partial charge in [0.15, 0.2) is 0 Å². The van der Waals surface area contributed by atoms with Crippen LogP contribution in [0.2, 0.25) is 0 Å². The Bertz CT molecular complexity index is 460. The molecule has 1 saturated carbocycles. The van der Waals surface area contributed by atoms with Crippen molar-refractivity contribution in [2.75, 3.05) is 26.8 Å². The van der Waals surface area contributed by atoms with E-state index in [0.717, 1.165) is 17.0 Å². The van der Waals surface area contributed by atoms with Crippen LogP contribution in [-0.2, 0) is 4.74 Å². The topological polar surface area (TPSA) is 49.8 Å². The highest BCUT2D eigenvalue weighted by Crippen LogP contribution is 2.28. The fraction of sp³-hybridized carbons (Fsp3) is 0.500. The van der Waals surface area contributed by atoms with Gasteiger partial charge in [0, 0.05) is 24.7 Å². The number of likely N-dealkylation sites (N-methyl/N-ethyl adjacent to an activating group) is 1. The van der Waals surface area contributed by atoms with Crippen molar-refractivity contribution in [3.8, 4) is 5.75 Å². The maximum absolute atomic E-state index is 12.1. The molecule has 19 heavy (non-hydrogen) atoms. The van der Waals surface area contributed by atoms with Crippen molar-refractivity contribution in [3.63, 3.8) is 0 Å². The summed E-state index contributed by atoms with van der Waals surface area (Å²) in [6, 6.07) is 4.83. The second-order valence-electron chi connectivity index (χ2n) is 4.91. The number of rotatable bonds is 6. The van der Waals surface area contributed by atoms with E-state index in [9.17, 15) is 9.90 Å². The van der Waals surface area contributed by atoms with E-state index in [0.29, 0.717) is 18.7 Å². The second kappa shape index (κ2) is 6.39. The summed E-state index contributed by atoms with van der Waals surface area (Å²) in [5.74, 6) is 0.530. The first kappa shape index (κ1) is 14.3. The van der Waals surface area contributed by atoms with Gasteiger partial charge in [-0.1, -0.05) is 15.9 Å². The van der Waals surface area contributed by atoms with Crippen molar-refractivity contribution >= 4 is 21.8 Å². The quantitative estimate of drug-likeness (QED) is 0.817. The summed E-state index contributed by atoms with van der Waals surface area (Å²) in [7, 11) is 1.71. The highest BCUT2D eigenvalue weighted by molar-refractivity contribution is 9.10. The standard InChI is InChI=1S/C14H18BrNO3/c1-16(6-7-19-9-10-2-3-10)14(18)12-8-11(15)4-5-13(12)17/h4-5,8,10,17H,2-3,6-7,9H2,1H3. The number of hydrogen-bond donors (Lipinski definition) is 1. The molecule has 0 heterocycles. The molecular weight excluding hydrogens is 310 g/mol. The predicted molar refractivity (Wildman–Crippen MR) is 76.3 cm³/mol. The third-order valence-electron chi connectivity index (χ3n) is 3.16. The Morgan fingerprint density at radius 3 is 2.95 bits per heavy atom. The molecule has 5 heteroatoms. The van der Waals surface area contributed by atoms with Crippen molar-refractivity contribution in [1.82, 2.24) is 4.90 Å². The molecule has 1 aliphatic rings. The summed E-state index contributed by atoms with van der Waals surface area (Å²) < 4.78 is 6.27. The summed E-state index contributed by atoms with van der Waals surface area (Å²) >= 11 is 3.29. The molecule has 104 valence electrons. The Balaban J connectivity index is 1.84. The van der Waals surface area contributed by atoms with Crippen LogP contribution < -0.4 is 0 Å². The van der Waals surface area contributed by atoms with Gasteiger partial charge in [0.2, 0.25) is 0 Å². The van der Waals surface area contributed by atoms with Gasteiger partial charge < -0.3 is 14.7 Å². The summed E-state index contributed by atoms with van der Waals surface area (Å²) in [6.45, 7) is 1.86. The van der Waals surface area contributed by atoms with Gasteiger partial charge in [-0.2, -0.15) is 0 Å². The number of ether oxygens (including phenoxy) is 1. The fourth-order valence-corrected chi connectivity index (χ4v) is 2.08. The first-order valence-corrected chi connectivity index (χ1v) is 7.19. The van der Waals surface area contributed by atoms with E-state index in [1.54, 1.807) is 24.1 Å². The Kier molecular flexibility index (Phi) is 4.82. The Morgan fingerprint density at radius 2 is 2.26 bits per heavy atom. The molecule has 1 aliphatic carbocycles. The lowest BCUT2D eigenvalue weighted by atomic mass is 10.2. The van der Waals surface area contributed by atoms with Gasteiger partial charge in [-0.15, -0.1) is 0 Å². The van der Waals surface area contributed by atoms with Crippen molar-refractivity contribution in [3.05, 3.63) is 28.2 Å². The zero-order chi connectivity index (χ0) is 13.8. The molecule has 1 aromatic carbocycles. The molecule has 1 amide bonds. The number of carbonyl (C=O) groups is 1. The number of hydrogen-bond acceptors (Lipinski definition) is 3. The molecule has 0 bridgehead atoms. The molecule has 0 aliphatic heterocycles. The van der Waals surface area contributed by atoms with Crippen LogP contribution in [-0.4, -0.2) is 42.7 Å². The van der Waals surface area contributed by atoms with Crippen molar-refractivity contribution in [2.45, 2.75) is 12.8 Å². The average molecular weight is 328 g/mol. The number of phenols is 1. The molecule has 0 unspecified atom stereocenters. The molecule has 0 saturated heterocycles. The van der Waals surface area contributed by atoms with Gasteiger partial charge in [-0.3, -0.25) is 4.79 Å². The number of halogens is 1. The van der Waals surface area contributed by atoms with E-state index in [1.165, 1.54) is 18.9 Å². The molecule has 1 fully saturated rings. The van der Waals surface area contributed by atoms with Crippen LogP contribution in [0.3, 0.4) is 0 Å². The molecule has 2 rings (SSSR count). The number of phenolic OH excluding ortho intramolecular Hbond substituents is 1. The average Bonchev–Trinajstić information content (AvgIpc) is 3.20. The van der Waals surface area contributed by atoms with Crippen LogP contribution in [0.4, 0.5) is 0 Å². The molecule has 0 radical (unpaired) electrons. The van der Waals surface area contributed by atoms with Gasteiger partial charge in [0.05, 0.1) is 12.2 Å². The fourth-order valence-electron chi connectivity index (χ4n) is 1.72. The van der Waals surface area contributed by atoms with Gasteiger partial charge in [0.1, 0.15) is 5.75 Å². The molecule has 0 aromatic heterocycles. The van der Waals surface area contributed by atoms with Crippen molar-refractivity contribution in [1.29, 1.82) is 0 Å². The lowest BCUT2D eigenvalue weighted by Crippen LogP contribution is -2.30. The maximum Gasteiger partial charge on any atom is 0.257 e. The van der Waals surface area contributed by atoms with E-state index in [2.05, 4.69) is 15.9 Å². The number of aromatic hydroxyl groups is 1. The third-order valence-corrected chi connectivity index (χ3v) is 3.65. The smallest absolute Gasteiger partial charge is 0.257 e. The molecule has 0 spiro atoms. The first-order valence-electron chi connectivity index (χ1n) is 6.39. The summed E-state index contributed by atoms with van der Waals surface area (Å²) in [5, 5.41) is 9.71. The minimum absolute atomic E-state index is 0.000973. The summed E-state index contributed by atoms with van der Waals surface area (Å²) in [6.07, 6.45) is 2.53. The number of amides is 1. The van der Waals surface area contributed by atoms with Gasteiger partial charge in [0.25, 0.3) is 5.91 Å². The number of carbonyl (C=O) groups excluding carboxylic acids is 1. The van der Waals surface area contributed by atoms with Gasteiger partial charge >= 0.3 is 0 Å².